The van der Waals surface area contributed by atoms with Gasteiger partial charge in [-0.3, -0.25) is 14.9 Å². The van der Waals surface area contributed by atoms with Gasteiger partial charge in [-0.2, -0.15) is 0 Å². The van der Waals surface area contributed by atoms with Crippen molar-refractivity contribution < 1.29 is 4.92 Å². The van der Waals surface area contributed by atoms with Gasteiger partial charge in [-0.15, -0.1) is 0 Å². The monoisotopic (exact) mass is 269 g/mol. The Kier molecular flexibility index (Phi) is 2.24. The van der Waals surface area contributed by atoms with Crippen molar-refractivity contribution in [1.82, 2.24) is 9.97 Å². The number of pyridine rings is 2. The Morgan fingerprint density at radius 3 is 2.87 bits per heavy atom. The molecule has 0 radical (unpaired) electrons. The van der Waals surface area contributed by atoms with Gasteiger partial charge in [-0.05, 0) is 22.0 Å². The number of halogens is 1. The van der Waals surface area contributed by atoms with E-state index in [1.165, 1.54) is 12.1 Å². The van der Waals surface area contributed by atoms with Crippen LogP contribution >= 0.6 is 15.9 Å². The molecule has 0 aliphatic carbocycles. The topological polar surface area (TPSA) is 88.9 Å². The molecule has 2 rings (SSSR count). The molecule has 0 bridgehead atoms. The zero-order valence-electron chi connectivity index (χ0n) is 7.23. The molecule has 15 heavy (non-hydrogen) atoms. The number of rotatable bonds is 1. The lowest BCUT2D eigenvalue weighted by atomic mass is 10.3. The Balaban J connectivity index is 2.77. The minimum atomic E-state index is -0.536. The largest absolute Gasteiger partial charge is 0.306 e. The Hall–Kier alpha value is -1.76. The van der Waals surface area contributed by atoms with Gasteiger partial charge >= 0.3 is 0 Å². The molecule has 0 spiro atoms. The molecule has 1 N–H and O–H groups in total. The van der Waals surface area contributed by atoms with Gasteiger partial charge in [-0.1, -0.05) is 0 Å². The standard InChI is InChI=1S/C8H4BrN3O3/c9-6-2-4-1-5(12(14)15)3-10-7(4)11-8(6)13/h1-3H,(H,10,11,13). The quantitative estimate of drug-likeness (QED) is 0.629. The Morgan fingerprint density at radius 1 is 1.47 bits per heavy atom. The second kappa shape index (κ2) is 3.43. The summed E-state index contributed by atoms with van der Waals surface area (Å²) in [4.78, 5) is 27.4. The van der Waals surface area contributed by atoms with Gasteiger partial charge in [-0.25, -0.2) is 4.98 Å². The number of aromatic nitrogens is 2. The van der Waals surface area contributed by atoms with Gasteiger partial charge in [0.25, 0.3) is 11.2 Å². The van der Waals surface area contributed by atoms with Crippen LogP contribution in [0.3, 0.4) is 0 Å². The van der Waals surface area contributed by atoms with Crippen molar-refractivity contribution in [2.45, 2.75) is 0 Å². The Bertz CT molecular complexity index is 608. The molecule has 7 heteroatoms. The van der Waals surface area contributed by atoms with Crippen LogP contribution in [-0.4, -0.2) is 14.9 Å². The van der Waals surface area contributed by atoms with Gasteiger partial charge in [0.1, 0.15) is 11.8 Å². The van der Waals surface area contributed by atoms with Gasteiger partial charge < -0.3 is 4.98 Å². The Labute approximate surface area is 91.2 Å². The van der Waals surface area contributed by atoms with Crippen molar-refractivity contribution >= 4 is 32.7 Å². The van der Waals surface area contributed by atoms with Crippen molar-refractivity contribution in [3.8, 4) is 0 Å². The molecule has 0 aliphatic rings. The molecule has 0 fully saturated rings. The van der Waals surface area contributed by atoms with Gasteiger partial charge in [0.15, 0.2) is 0 Å². The molecular weight excluding hydrogens is 266 g/mol. The van der Waals surface area contributed by atoms with E-state index < -0.39 is 4.92 Å². The summed E-state index contributed by atoms with van der Waals surface area (Å²) in [6.07, 6.45) is 1.10. The van der Waals surface area contributed by atoms with E-state index in [-0.39, 0.29) is 11.2 Å². The van der Waals surface area contributed by atoms with E-state index in [9.17, 15) is 14.9 Å². The van der Waals surface area contributed by atoms with Crippen LogP contribution in [0.1, 0.15) is 0 Å². The summed E-state index contributed by atoms with van der Waals surface area (Å²) in [6, 6.07) is 2.84. The van der Waals surface area contributed by atoms with Crippen LogP contribution in [0.4, 0.5) is 5.69 Å². The molecule has 0 aromatic carbocycles. The zero-order chi connectivity index (χ0) is 11.0. The fourth-order valence-electron chi connectivity index (χ4n) is 1.15. The second-order valence-corrected chi connectivity index (χ2v) is 3.69. The average Bonchev–Trinajstić information content (AvgIpc) is 2.19. The van der Waals surface area contributed by atoms with Crippen molar-refractivity contribution in [3.63, 3.8) is 0 Å². The summed E-state index contributed by atoms with van der Waals surface area (Å²) in [6.45, 7) is 0. The smallest absolute Gasteiger partial charge is 0.288 e. The lowest BCUT2D eigenvalue weighted by Gasteiger charge is -1.97. The van der Waals surface area contributed by atoms with E-state index in [1.54, 1.807) is 0 Å². The van der Waals surface area contributed by atoms with E-state index in [0.717, 1.165) is 6.20 Å². The molecule has 0 atom stereocenters. The van der Waals surface area contributed by atoms with Crippen LogP contribution in [0.5, 0.6) is 0 Å². The predicted octanol–water partition coefficient (Wildman–Crippen LogP) is 1.59. The first-order chi connectivity index (χ1) is 7.08. The van der Waals surface area contributed by atoms with Crippen molar-refractivity contribution in [3.05, 3.63) is 43.3 Å². The minimum absolute atomic E-state index is 0.110. The molecule has 0 unspecified atom stereocenters. The number of aromatic amines is 1. The number of nitro groups is 1. The van der Waals surface area contributed by atoms with Crippen LogP contribution in [-0.2, 0) is 0 Å². The summed E-state index contributed by atoms with van der Waals surface area (Å²) in [5, 5.41) is 11.0. The van der Waals surface area contributed by atoms with E-state index in [1.807, 2.05) is 0 Å². The highest BCUT2D eigenvalue weighted by Crippen LogP contribution is 2.17. The lowest BCUT2D eigenvalue weighted by Crippen LogP contribution is -2.06. The third-order valence-corrected chi connectivity index (χ3v) is 2.43. The molecule has 2 aromatic heterocycles. The van der Waals surface area contributed by atoms with Crippen molar-refractivity contribution in [1.29, 1.82) is 0 Å². The predicted molar refractivity (Wildman–Crippen MR) is 56.7 cm³/mol. The van der Waals surface area contributed by atoms with Crippen LogP contribution in [0, 0.1) is 10.1 Å². The third kappa shape index (κ3) is 1.73. The Morgan fingerprint density at radius 2 is 2.20 bits per heavy atom. The van der Waals surface area contributed by atoms with Crippen LogP contribution in [0.2, 0.25) is 0 Å². The summed E-state index contributed by atoms with van der Waals surface area (Å²) in [5.74, 6) is 0. The number of hydrogen-bond acceptors (Lipinski definition) is 4. The molecule has 0 amide bonds. The molecule has 2 heterocycles. The summed E-state index contributed by atoms with van der Waals surface area (Å²) in [7, 11) is 0. The molecule has 0 aliphatic heterocycles. The first-order valence-electron chi connectivity index (χ1n) is 3.91. The molecular formula is C8H4BrN3O3. The number of H-pyrrole nitrogens is 1. The van der Waals surface area contributed by atoms with Crippen LogP contribution < -0.4 is 5.56 Å². The number of nitrogens with zero attached hydrogens (tertiary/aromatic N) is 2. The summed E-state index contributed by atoms with van der Waals surface area (Å²) < 4.78 is 0.317. The maximum atomic E-state index is 11.2. The highest BCUT2D eigenvalue weighted by Gasteiger charge is 2.08. The summed E-state index contributed by atoms with van der Waals surface area (Å²) >= 11 is 3.04. The molecule has 0 saturated heterocycles. The van der Waals surface area contributed by atoms with Gasteiger partial charge in [0.2, 0.25) is 0 Å². The molecule has 2 aromatic rings. The van der Waals surface area contributed by atoms with Crippen LogP contribution in [0.25, 0.3) is 11.0 Å². The van der Waals surface area contributed by atoms with Gasteiger partial charge in [0, 0.05) is 11.5 Å². The number of nitrogens with one attached hydrogen (secondary N) is 1. The van der Waals surface area contributed by atoms with Crippen LogP contribution in [0.15, 0.2) is 27.6 Å². The normalized spacial score (nSPS) is 10.5. The number of fused-ring (bicyclic) bond motifs is 1. The highest BCUT2D eigenvalue weighted by atomic mass is 79.9. The van der Waals surface area contributed by atoms with Gasteiger partial charge in [0.05, 0.1) is 9.40 Å². The number of hydrogen-bond donors (Lipinski definition) is 1. The SMILES string of the molecule is O=c1[nH]c2ncc([N+](=O)[O-])cc2cc1Br. The minimum Gasteiger partial charge on any atom is -0.306 e. The maximum Gasteiger partial charge on any atom is 0.288 e. The summed E-state index contributed by atoms with van der Waals surface area (Å²) in [5.41, 5.74) is -0.0981. The van der Waals surface area contributed by atoms with E-state index >= 15 is 0 Å². The van der Waals surface area contributed by atoms with Crippen molar-refractivity contribution in [2.24, 2.45) is 0 Å². The molecule has 76 valence electrons. The lowest BCUT2D eigenvalue weighted by molar-refractivity contribution is -0.385. The average molecular weight is 270 g/mol. The fourth-order valence-corrected chi connectivity index (χ4v) is 1.50. The maximum absolute atomic E-state index is 11.2. The fraction of sp³-hybridized carbons (Fsp3) is 0. The zero-order valence-corrected chi connectivity index (χ0v) is 8.82. The van der Waals surface area contributed by atoms with Crippen molar-refractivity contribution in [2.75, 3.05) is 0 Å². The molecule has 6 nitrogen and oxygen atoms in total. The first kappa shape index (κ1) is 9.78. The van der Waals surface area contributed by atoms with E-state index in [2.05, 4.69) is 25.9 Å². The second-order valence-electron chi connectivity index (χ2n) is 2.83. The first-order valence-corrected chi connectivity index (χ1v) is 4.70. The third-order valence-electron chi connectivity index (χ3n) is 1.84. The van der Waals surface area contributed by atoms with E-state index in [0.29, 0.717) is 15.5 Å². The molecule has 0 saturated carbocycles. The highest BCUT2D eigenvalue weighted by molar-refractivity contribution is 9.10. The van der Waals surface area contributed by atoms with E-state index in [4.69, 9.17) is 0 Å².